The van der Waals surface area contributed by atoms with Crippen LogP contribution in [0.4, 0.5) is 0 Å². The largest absolute Gasteiger partial charge is 0.476 e. The molecule has 3 aromatic rings. The minimum Gasteiger partial charge on any atom is -0.476 e. The van der Waals surface area contributed by atoms with Gasteiger partial charge in [0.2, 0.25) is 0 Å². The van der Waals surface area contributed by atoms with Crippen LogP contribution in [-0.4, -0.2) is 51.4 Å². The lowest BCUT2D eigenvalue weighted by Crippen LogP contribution is -2.42. The molecule has 0 spiro atoms. The third kappa shape index (κ3) is 3.49. The quantitative estimate of drug-likeness (QED) is 0.749. The summed E-state index contributed by atoms with van der Waals surface area (Å²) in [4.78, 5) is 26.2. The second-order valence-electron chi connectivity index (χ2n) is 6.13. The van der Waals surface area contributed by atoms with Gasteiger partial charge in [-0.25, -0.2) is 9.48 Å². The highest BCUT2D eigenvalue weighted by Gasteiger charge is 2.29. The second-order valence-corrected chi connectivity index (χ2v) is 6.91. The predicted octanol–water partition coefficient (Wildman–Crippen LogP) is 2.85. The fourth-order valence-corrected chi connectivity index (χ4v) is 3.76. The first-order valence-electron chi connectivity index (χ1n) is 8.45. The number of carboxylic acids is 1. The lowest BCUT2D eigenvalue weighted by molar-refractivity contribution is -0.0229. The van der Waals surface area contributed by atoms with Gasteiger partial charge in [0.05, 0.1) is 18.8 Å². The SMILES string of the molecule is O=C(O)c1cc(C(=O)N2CCO[C@H](c3ccsc3)C2)n(-c2ccccc2)n1. The highest BCUT2D eigenvalue weighted by Crippen LogP contribution is 2.25. The fourth-order valence-electron chi connectivity index (χ4n) is 3.06. The summed E-state index contributed by atoms with van der Waals surface area (Å²) in [5.74, 6) is -1.43. The molecule has 0 radical (unpaired) electrons. The number of para-hydroxylation sites is 1. The molecule has 0 aliphatic carbocycles. The standard InChI is InChI=1S/C19H17N3O4S/c23-18(21-7-8-26-17(11-21)13-6-9-27-12-13)16-10-15(19(24)25)20-22(16)14-4-2-1-3-5-14/h1-6,9-10,12,17H,7-8,11H2,(H,24,25)/t17-/m0/s1. The van der Waals surface area contributed by atoms with E-state index in [4.69, 9.17) is 4.74 Å². The van der Waals surface area contributed by atoms with Crippen LogP contribution in [0.25, 0.3) is 5.69 Å². The number of aromatic nitrogens is 2. The maximum absolute atomic E-state index is 13.2. The third-order valence-electron chi connectivity index (χ3n) is 4.42. The number of carboxylic acid groups (broad SMARTS) is 1. The Labute approximate surface area is 159 Å². The number of ether oxygens (including phenoxy) is 1. The maximum atomic E-state index is 13.2. The Balaban J connectivity index is 1.66. The maximum Gasteiger partial charge on any atom is 0.356 e. The number of nitrogens with zero attached hydrogens (tertiary/aromatic N) is 3. The van der Waals surface area contributed by atoms with Gasteiger partial charge in [-0.3, -0.25) is 4.79 Å². The molecule has 1 amide bonds. The molecule has 2 aromatic heterocycles. The first-order chi connectivity index (χ1) is 13.1. The minimum atomic E-state index is -1.17. The topological polar surface area (TPSA) is 84.7 Å². The lowest BCUT2D eigenvalue weighted by atomic mass is 10.1. The van der Waals surface area contributed by atoms with Crippen molar-refractivity contribution in [1.82, 2.24) is 14.7 Å². The molecule has 1 aliphatic rings. The zero-order valence-electron chi connectivity index (χ0n) is 14.3. The molecule has 3 heterocycles. The van der Waals surface area contributed by atoms with E-state index in [0.717, 1.165) is 5.56 Å². The summed E-state index contributed by atoms with van der Waals surface area (Å²) in [6.45, 7) is 1.29. The van der Waals surface area contributed by atoms with Crippen LogP contribution in [0.2, 0.25) is 0 Å². The van der Waals surface area contributed by atoms with Gasteiger partial charge in [-0.2, -0.15) is 16.4 Å². The summed E-state index contributed by atoms with van der Waals surface area (Å²) in [5.41, 5.74) is 1.74. The number of morpholine rings is 1. The van der Waals surface area contributed by atoms with Crippen molar-refractivity contribution >= 4 is 23.2 Å². The average Bonchev–Trinajstić information content (AvgIpc) is 3.38. The van der Waals surface area contributed by atoms with E-state index in [1.165, 1.54) is 10.7 Å². The van der Waals surface area contributed by atoms with Crippen molar-refractivity contribution in [2.45, 2.75) is 6.10 Å². The Morgan fingerprint density at radius 1 is 1.22 bits per heavy atom. The highest BCUT2D eigenvalue weighted by molar-refractivity contribution is 7.07. The van der Waals surface area contributed by atoms with E-state index in [1.54, 1.807) is 28.4 Å². The van der Waals surface area contributed by atoms with Gasteiger partial charge in [-0.05, 0) is 34.5 Å². The number of benzene rings is 1. The van der Waals surface area contributed by atoms with Gasteiger partial charge in [0.25, 0.3) is 5.91 Å². The summed E-state index contributed by atoms with van der Waals surface area (Å²) < 4.78 is 7.18. The number of carbonyl (C=O) groups is 2. The summed E-state index contributed by atoms with van der Waals surface area (Å²) in [6.07, 6.45) is -0.180. The van der Waals surface area contributed by atoms with Crippen molar-refractivity contribution in [3.8, 4) is 5.69 Å². The Morgan fingerprint density at radius 3 is 2.74 bits per heavy atom. The number of thiophene rings is 1. The molecule has 27 heavy (non-hydrogen) atoms. The van der Waals surface area contributed by atoms with Crippen LogP contribution >= 0.6 is 11.3 Å². The summed E-state index contributed by atoms with van der Waals surface area (Å²) in [5, 5.41) is 17.4. The van der Waals surface area contributed by atoms with Crippen molar-refractivity contribution < 1.29 is 19.4 Å². The number of hydrogen-bond donors (Lipinski definition) is 1. The van der Waals surface area contributed by atoms with Gasteiger partial charge in [0, 0.05) is 12.6 Å². The van der Waals surface area contributed by atoms with Crippen molar-refractivity contribution in [3.63, 3.8) is 0 Å². The third-order valence-corrected chi connectivity index (χ3v) is 5.12. The van der Waals surface area contributed by atoms with Crippen molar-refractivity contribution in [3.05, 3.63) is 70.2 Å². The molecule has 138 valence electrons. The van der Waals surface area contributed by atoms with E-state index >= 15 is 0 Å². The molecule has 1 N–H and O–H groups in total. The number of hydrogen-bond acceptors (Lipinski definition) is 5. The Kier molecular flexibility index (Phi) is 4.74. The molecule has 7 nitrogen and oxygen atoms in total. The van der Waals surface area contributed by atoms with E-state index in [9.17, 15) is 14.7 Å². The molecule has 1 fully saturated rings. The van der Waals surface area contributed by atoms with Gasteiger partial charge in [-0.1, -0.05) is 18.2 Å². The molecular weight excluding hydrogens is 366 g/mol. The van der Waals surface area contributed by atoms with Crippen molar-refractivity contribution in [2.24, 2.45) is 0 Å². The first-order valence-corrected chi connectivity index (χ1v) is 9.39. The molecule has 1 atom stereocenters. The van der Waals surface area contributed by atoms with Gasteiger partial charge in [-0.15, -0.1) is 0 Å². The van der Waals surface area contributed by atoms with Crippen LogP contribution < -0.4 is 0 Å². The van der Waals surface area contributed by atoms with E-state index in [0.29, 0.717) is 25.4 Å². The van der Waals surface area contributed by atoms with E-state index in [1.807, 2.05) is 35.0 Å². The highest BCUT2D eigenvalue weighted by atomic mass is 32.1. The molecule has 1 aliphatic heterocycles. The monoisotopic (exact) mass is 383 g/mol. The molecule has 0 unspecified atom stereocenters. The van der Waals surface area contributed by atoms with E-state index in [2.05, 4.69) is 5.10 Å². The zero-order valence-corrected chi connectivity index (χ0v) is 15.1. The Morgan fingerprint density at radius 2 is 2.04 bits per heavy atom. The molecule has 1 saturated heterocycles. The average molecular weight is 383 g/mol. The minimum absolute atomic E-state index is 0.162. The molecule has 8 heteroatoms. The lowest BCUT2D eigenvalue weighted by Gasteiger charge is -2.32. The molecule has 4 rings (SSSR count). The van der Waals surface area contributed by atoms with Crippen molar-refractivity contribution in [1.29, 1.82) is 0 Å². The van der Waals surface area contributed by atoms with Crippen LogP contribution in [0.15, 0.2) is 53.2 Å². The van der Waals surface area contributed by atoms with E-state index < -0.39 is 5.97 Å². The van der Waals surface area contributed by atoms with E-state index in [-0.39, 0.29) is 23.4 Å². The smallest absolute Gasteiger partial charge is 0.356 e. The first kappa shape index (κ1) is 17.4. The zero-order chi connectivity index (χ0) is 18.8. The number of rotatable bonds is 4. The van der Waals surface area contributed by atoms with Crippen LogP contribution in [-0.2, 0) is 4.74 Å². The van der Waals surface area contributed by atoms with Gasteiger partial charge in [0.15, 0.2) is 5.69 Å². The molecule has 0 bridgehead atoms. The molecular formula is C19H17N3O4S. The predicted molar refractivity (Wildman–Crippen MR) is 99.4 cm³/mol. The summed E-state index contributed by atoms with van der Waals surface area (Å²) in [7, 11) is 0. The molecule has 0 saturated carbocycles. The van der Waals surface area contributed by atoms with Crippen LogP contribution in [0.5, 0.6) is 0 Å². The van der Waals surface area contributed by atoms with Crippen LogP contribution in [0.3, 0.4) is 0 Å². The number of amides is 1. The van der Waals surface area contributed by atoms with Crippen LogP contribution in [0.1, 0.15) is 32.6 Å². The normalized spacial score (nSPS) is 17.0. The number of carbonyl (C=O) groups excluding carboxylic acids is 1. The van der Waals surface area contributed by atoms with Gasteiger partial charge >= 0.3 is 5.97 Å². The Hall–Kier alpha value is -2.97. The molecule has 1 aromatic carbocycles. The van der Waals surface area contributed by atoms with Crippen LogP contribution in [0, 0.1) is 0 Å². The van der Waals surface area contributed by atoms with Gasteiger partial charge < -0.3 is 14.7 Å². The fraction of sp³-hybridized carbons (Fsp3) is 0.211. The number of aromatic carboxylic acids is 1. The Bertz CT molecular complexity index is 953. The van der Waals surface area contributed by atoms with Crippen molar-refractivity contribution in [2.75, 3.05) is 19.7 Å². The summed E-state index contributed by atoms with van der Waals surface area (Å²) >= 11 is 1.58. The second kappa shape index (κ2) is 7.34. The summed E-state index contributed by atoms with van der Waals surface area (Å²) in [6, 6.07) is 12.3. The van der Waals surface area contributed by atoms with Gasteiger partial charge in [0.1, 0.15) is 11.8 Å².